The zero-order chi connectivity index (χ0) is 16.1. The summed E-state index contributed by atoms with van der Waals surface area (Å²) in [7, 11) is 0. The van der Waals surface area contributed by atoms with Crippen LogP contribution in [0.5, 0.6) is 5.75 Å². The summed E-state index contributed by atoms with van der Waals surface area (Å²) in [4.78, 5) is 12.1. The molecule has 116 valence electrons. The van der Waals surface area contributed by atoms with Gasteiger partial charge in [0.05, 0.1) is 0 Å². The number of nitrogens with one attached hydrogen (secondary N) is 1. The van der Waals surface area contributed by atoms with Crippen molar-refractivity contribution in [1.82, 2.24) is 5.32 Å². The Balaban J connectivity index is 1.90. The monoisotopic (exact) mass is 337 g/mol. The normalized spacial score (nSPS) is 11.8. The number of ether oxygens (including phenoxy) is 1. The van der Waals surface area contributed by atoms with Gasteiger partial charge in [0.2, 0.25) is 0 Å². The number of rotatable bonds is 5. The van der Waals surface area contributed by atoms with Crippen molar-refractivity contribution >= 4 is 29.1 Å². The maximum atomic E-state index is 12.1. The number of hydrogen-bond acceptors (Lipinski definition) is 2. The molecule has 2 aromatic rings. The van der Waals surface area contributed by atoms with Crippen LogP contribution in [-0.4, -0.2) is 12.0 Å². The van der Waals surface area contributed by atoms with Gasteiger partial charge in [-0.05, 0) is 55.3 Å². The van der Waals surface area contributed by atoms with Crippen LogP contribution in [0.3, 0.4) is 0 Å². The molecule has 0 aliphatic rings. The van der Waals surface area contributed by atoms with Crippen LogP contribution in [0.25, 0.3) is 0 Å². The van der Waals surface area contributed by atoms with Crippen LogP contribution >= 0.6 is 23.2 Å². The van der Waals surface area contributed by atoms with Crippen LogP contribution in [0.15, 0.2) is 42.5 Å². The van der Waals surface area contributed by atoms with E-state index in [1.165, 1.54) is 0 Å². The summed E-state index contributed by atoms with van der Waals surface area (Å²) < 4.78 is 5.68. The van der Waals surface area contributed by atoms with Gasteiger partial charge in [-0.15, -0.1) is 0 Å². The average Bonchev–Trinajstić information content (AvgIpc) is 2.49. The minimum absolute atomic E-state index is 0.177. The summed E-state index contributed by atoms with van der Waals surface area (Å²) in [6.07, 6.45) is -0.591. The number of hydrogen-bond donors (Lipinski definition) is 1. The highest BCUT2D eigenvalue weighted by Gasteiger charge is 2.15. The predicted molar refractivity (Wildman–Crippen MR) is 89.6 cm³/mol. The molecule has 0 heterocycles. The molecule has 3 nitrogen and oxygen atoms in total. The fourth-order valence-electron chi connectivity index (χ4n) is 1.92. The smallest absolute Gasteiger partial charge is 0.261 e. The lowest BCUT2D eigenvalue weighted by molar-refractivity contribution is -0.127. The third-order valence-electron chi connectivity index (χ3n) is 3.19. The summed E-state index contributed by atoms with van der Waals surface area (Å²) >= 11 is 11.7. The van der Waals surface area contributed by atoms with E-state index >= 15 is 0 Å². The molecule has 0 spiro atoms. The van der Waals surface area contributed by atoms with E-state index in [1.807, 2.05) is 19.1 Å². The Hall–Kier alpha value is -1.71. The molecule has 2 rings (SSSR count). The van der Waals surface area contributed by atoms with Crippen molar-refractivity contribution in [3.8, 4) is 5.75 Å². The number of benzene rings is 2. The van der Waals surface area contributed by atoms with Crippen LogP contribution < -0.4 is 10.1 Å². The zero-order valence-corrected chi connectivity index (χ0v) is 13.9. The highest BCUT2D eigenvalue weighted by atomic mass is 35.5. The van der Waals surface area contributed by atoms with Crippen LogP contribution in [0.2, 0.25) is 10.0 Å². The van der Waals surface area contributed by atoms with Crippen LogP contribution in [0, 0.1) is 6.92 Å². The second-order valence-electron chi connectivity index (χ2n) is 5.01. The summed E-state index contributed by atoms with van der Waals surface area (Å²) in [5, 5.41) is 4.15. The number of carbonyl (C=O) groups excluding carboxylic acids is 1. The Bertz CT molecular complexity index is 656. The summed E-state index contributed by atoms with van der Waals surface area (Å²) in [5.41, 5.74) is 1.87. The van der Waals surface area contributed by atoms with Gasteiger partial charge in [-0.1, -0.05) is 35.3 Å². The maximum absolute atomic E-state index is 12.1. The molecule has 0 aromatic heterocycles. The first-order valence-corrected chi connectivity index (χ1v) is 7.66. The van der Waals surface area contributed by atoms with Gasteiger partial charge in [0.25, 0.3) is 5.91 Å². The SMILES string of the molecule is Cc1cc(Cl)ccc1OC(C)C(=O)NCc1ccc(Cl)cc1. The molecule has 0 saturated carbocycles. The van der Waals surface area contributed by atoms with Crippen molar-refractivity contribution < 1.29 is 9.53 Å². The van der Waals surface area contributed by atoms with Gasteiger partial charge in [0.1, 0.15) is 5.75 Å². The Morgan fingerprint density at radius 1 is 1.14 bits per heavy atom. The lowest BCUT2D eigenvalue weighted by Crippen LogP contribution is -2.36. The summed E-state index contributed by atoms with van der Waals surface area (Å²) in [5.74, 6) is 0.475. The van der Waals surface area contributed by atoms with Gasteiger partial charge in [0.15, 0.2) is 6.10 Å². The molecule has 0 aliphatic heterocycles. The van der Waals surface area contributed by atoms with Gasteiger partial charge in [-0.25, -0.2) is 0 Å². The third-order valence-corrected chi connectivity index (χ3v) is 3.68. The largest absolute Gasteiger partial charge is 0.481 e. The van der Waals surface area contributed by atoms with Crippen LogP contribution in [0.4, 0.5) is 0 Å². The van der Waals surface area contributed by atoms with Crippen LogP contribution in [-0.2, 0) is 11.3 Å². The van der Waals surface area contributed by atoms with Gasteiger partial charge in [0, 0.05) is 16.6 Å². The first-order valence-electron chi connectivity index (χ1n) is 6.90. The van der Waals surface area contributed by atoms with Crippen molar-refractivity contribution in [1.29, 1.82) is 0 Å². The Morgan fingerprint density at radius 2 is 1.77 bits per heavy atom. The van der Waals surface area contributed by atoms with E-state index < -0.39 is 6.10 Å². The summed E-state index contributed by atoms with van der Waals surface area (Å²) in [6.45, 7) is 4.04. The number of halogens is 2. The van der Waals surface area contributed by atoms with Gasteiger partial charge in [-0.2, -0.15) is 0 Å². The van der Waals surface area contributed by atoms with Gasteiger partial charge in [-0.3, -0.25) is 4.79 Å². The Labute approximate surface area is 140 Å². The van der Waals surface area contributed by atoms with E-state index in [-0.39, 0.29) is 5.91 Å². The molecular formula is C17H17Cl2NO2. The van der Waals surface area contributed by atoms with E-state index in [4.69, 9.17) is 27.9 Å². The standard InChI is InChI=1S/C17H17Cl2NO2/c1-11-9-15(19)7-8-16(11)22-12(2)17(21)20-10-13-3-5-14(18)6-4-13/h3-9,12H,10H2,1-2H3,(H,20,21). The molecule has 22 heavy (non-hydrogen) atoms. The lowest BCUT2D eigenvalue weighted by Gasteiger charge is -2.16. The molecule has 0 saturated heterocycles. The van der Waals surface area contributed by atoms with Crippen molar-refractivity contribution in [2.24, 2.45) is 0 Å². The van der Waals surface area contributed by atoms with Crippen molar-refractivity contribution in [2.45, 2.75) is 26.5 Å². The van der Waals surface area contributed by atoms with Gasteiger partial charge >= 0.3 is 0 Å². The fourth-order valence-corrected chi connectivity index (χ4v) is 2.28. The van der Waals surface area contributed by atoms with E-state index in [2.05, 4.69) is 5.32 Å². The average molecular weight is 338 g/mol. The lowest BCUT2D eigenvalue weighted by atomic mass is 10.2. The van der Waals surface area contributed by atoms with Crippen molar-refractivity contribution in [3.63, 3.8) is 0 Å². The summed E-state index contributed by atoms with van der Waals surface area (Å²) in [6, 6.07) is 12.6. The fraction of sp³-hybridized carbons (Fsp3) is 0.235. The molecule has 1 atom stereocenters. The molecule has 5 heteroatoms. The third kappa shape index (κ3) is 4.65. The molecule has 1 unspecified atom stereocenters. The Kier molecular flexibility index (Phi) is 5.69. The zero-order valence-electron chi connectivity index (χ0n) is 12.4. The Morgan fingerprint density at radius 3 is 2.41 bits per heavy atom. The predicted octanol–water partition coefficient (Wildman–Crippen LogP) is 4.39. The second kappa shape index (κ2) is 7.52. The van der Waals surface area contributed by atoms with Gasteiger partial charge < -0.3 is 10.1 Å². The topological polar surface area (TPSA) is 38.3 Å². The van der Waals surface area contributed by atoms with Crippen molar-refractivity contribution in [2.75, 3.05) is 0 Å². The molecule has 0 radical (unpaired) electrons. The molecule has 1 N–H and O–H groups in total. The first-order chi connectivity index (χ1) is 10.5. The number of aryl methyl sites for hydroxylation is 1. The number of carbonyl (C=O) groups is 1. The highest BCUT2D eigenvalue weighted by Crippen LogP contribution is 2.22. The number of amides is 1. The van der Waals surface area contributed by atoms with E-state index in [1.54, 1.807) is 37.3 Å². The quantitative estimate of drug-likeness (QED) is 0.878. The molecule has 2 aromatic carbocycles. The molecular weight excluding hydrogens is 321 g/mol. The van der Waals surface area contributed by atoms with Crippen molar-refractivity contribution in [3.05, 3.63) is 63.6 Å². The molecule has 1 amide bonds. The van der Waals surface area contributed by atoms with E-state index in [0.717, 1.165) is 11.1 Å². The minimum Gasteiger partial charge on any atom is -0.481 e. The highest BCUT2D eigenvalue weighted by molar-refractivity contribution is 6.30. The molecule has 0 aliphatic carbocycles. The molecule has 0 bridgehead atoms. The van der Waals surface area contributed by atoms with Crippen LogP contribution in [0.1, 0.15) is 18.1 Å². The minimum atomic E-state index is -0.591. The first kappa shape index (κ1) is 16.7. The van der Waals surface area contributed by atoms with E-state index in [9.17, 15) is 4.79 Å². The molecule has 0 fully saturated rings. The second-order valence-corrected chi connectivity index (χ2v) is 5.89. The maximum Gasteiger partial charge on any atom is 0.261 e. The van der Waals surface area contributed by atoms with E-state index in [0.29, 0.717) is 22.3 Å².